The number of hydrogen-bond donors (Lipinski definition) is 2. The number of carbonyl (C=O) groups is 2. The molecule has 176 valence electrons. The van der Waals surface area contributed by atoms with Crippen LogP contribution in [0.1, 0.15) is 24.0 Å². The van der Waals surface area contributed by atoms with Gasteiger partial charge in [0.25, 0.3) is 0 Å². The molecule has 2 heterocycles. The van der Waals surface area contributed by atoms with Crippen LogP contribution < -0.4 is 15.4 Å². The molecule has 1 fully saturated rings. The summed E-state index contributed by atoms with van der Waals surface area (Å²) in [4.78, 5) is 29.1. The van der Waals surface area contributed by atoms with Crippen molar-refractivity contribution in [2.45, 2.75) is 25.7 Å². The summed E-state index contributed by atoms with van der Waals surface area (Å²) in [5, 5.41) is 6.52. The van der Waals surface area contributed by atoms with Gasteiger partial charge in [0.1, 0.15) is 28.9 Å². The van der Waals surface area contributed by atoms with Crippen LogP contribution in [-0.2, 0) is 22.4 Å². The zero-order valence-electron chi connectivity index (χ0n) is 18.5. The van der Waals surface area contributed by atoms with Crippen molar-refractivity contribution >= 4 is 29.1 Å². The lowest BCUT2D eigenvalue weighted by molar-refractivity contribution is -0.120. The first-order valence-electron chi connectivity index (χ1n) is 11.2. The normalized spacial score (nSPS) is 13.9. The monoisotopic (exact) mass is 481 g/mol. The summed E-state index contributed by atoms with van der Waals surface area (Å²) in [6, 6.07) is 14.4. The minimum atomic E-state index is -0.333. The first-order valence-corrected chi connectivity index (χ1v) is 11.5. The highest BCUT2D eigenvalue weighted by molar-refractivity contribution is 6.31. The number of halogens is 2. The molecule has 2 N–H and O–H groups in total. The van der Waals surface area contributed by atoms with Crippen molar-refractivity contribution < 1.29 is 18.7 Å². The maximum atomic E-state index is 13.0. The predicted octanol–water partition coefficient (Wildman–Crippen LogP) is 4.96. The molecule has 0 atom stereocenters. The molecule has 0 unspecified atom stereocenters. The molecular weight excluding hydrogens is 457 g/mol. The second kappa shape index (κ2) is 11.2. The van der Waals surface area contributed by atoms with Gasteiger partial charge in [-0.25, -0.2) is 9.37 Å². The molecule has 1 aliphatic rings. The van der Waals surface area contributed by atoms with E-state index in [0.29, 0.717) is 27.9 Å². The lowest BCUT2D eigenvalue weighted by Crippen LogP contribution is -2.34. The number of carbonyl (C=O) groups excluding carboxylic acids is 2. The second-order valence-corrected chi connectivity index (χ2v) is 8.67. The van der Waals surface area contributed by atoms with Gasteiger partial charge in [0.05, 0.1) is 0 Å². The van der Waals surface area contributed by atoms with E-state index in [0.717, 1.165) is 31.5 Å². The molecule has 1 saturated heterocycles. The van der Waals surface area contributed by atoms with E-state index in [1.165, 1.54) is 12.1 Å². The number of rotatable bonds is 8. The Balaban J connectivity index is 1.35. The smallest absolute Gasteiger partial charge is 0.228 e. The summed E-state index contributed by atoms with van der Waals surface area (Å²) in [6.45, 7) is 1.67. The fraction of sp³-hybridized carbons (Fsp3) is 0.269. The first-order chi connectivity index (χ1) is 16.5. The molecule has 1 aromatic heterocycles. The first kappa shape index (κ1) is 23.9. The minimum Gasteiger partial charge on any atom is -0.457 e. The molecule has 4 rings (SSSR count). The number of nitrogens with zero attached hydrogens (tertiary/aromatic N) is 1. The van der Waals surface area contributed by atoms with E-state index in [2.05, 4.69) is 15.6 Å². The highest BCUT2D eigenvalue weighted by Gasteiger charge is 2.21. The van der Waals surface area contributed by atoms with Gasteiger partial charge in [-0.15, -0.1) is 0 Å². The van der Waals surface area contributed by atoms with E-state index in [-0.39, 0.29) is 36.3 Å². The zero-order chi connectivity index (χ0) is 23.9. The van der Waals surface area contributed by atoms with Gasteiger partial charge in [-0.1, -0.05) is 29.8 Å². The maximum Gasteiger partial charge on any atom is 0.228 e. The van der Waals surface area contributed by atoms with E-state index in [4.69, 9.17) is 16.3 Å². The molecule has 34 heavy (non-hydrogen) atoms. The number of Topliss-reactive ketones (excluding diaryl/α,β-unsaturated/α-hetero) is 1. The fourth-order valence-corrected chi connectivity index (χ4v) is 4.07. The molecule has 0 saturated carbocycles. The van der Waals surface area contributed by atoms with Gasteiger partial charge in [0, 0.05) is 36.0 Å². The van der Waals surface area contributed by atoms with Gasteiger partial charge in [0.15, 0.2) is 0 Å². The van der Waals surface area contributed by atoms with Crippen molar-refractivity contribution in [1.82, 2.24) is 10.3 Å². The fourth-order valence-electron chi connectivity index (χ4n) is 3.83. The molecule has 6 nitrogen and oxygen atoms in total. The van der Waals surface area contributed by atoms with Crippen molar-refractivity contribution in [3.05, 3.63) is 82.8 Å². The molecule has 1 aliphatic heterocycles. The lowest BCUT2D eigenvalue weighted by atomic mass is 9.97. The van der Waals surface area contributed by atoms with Crippen LogP contribution >= 0.6 is 11.6 Å². The van der Waals surface area contributed by atoms with Crippen LogP contribution in [0, 0.1) is 11.7 Å². The van der Waals surface area contributed by atoms with E-state index in [1.54, 1.807) is 48.7 Å². The van der Waals surface area contributed by atoms with Crippen LogP contribution in [0.3, 0.4) is 0 Å². The highest BCUT2D eigenvalue weighted by atomic mass is 35.5. The Morgan fingerprint density at radius 1 is 1.03 bits per heavy atom. The van der Waals surface area contributed by atoms with Crippen LogP contribution in [0.25, 0.3) is 0 Å². The van der Waals surface area contributed by atoms with E-state index in [1.807, 2.05) is 0 Å². The van der Waals surface area contributed by atoms with Gasteiger partial charge in [-0.2, -0.15) is 0 Å². The number of pyridine rings is 1. The molecule has 1 amide bonds. The Labute approximate surface area is 202 Å². The van der Waals surface area contributed by atoms with E-state index < -0.39 is 0 Å². The van der Waals surface area contributed by atoms with Crippen molar-refractivity contribution in [2.24, 2.45) is 5.92 Å². The molecule has 8 heteroatoms. The zero-order valence-corrected chi connectivity index (χ0v) is 19.3. The topological polar surface area (TPSA) is 80.3 Å². The van der Waals surface area contributed by atoms with Gasteiger partial charge in [-0.3, -0.25) is 9.59 Å². The standard InChI is InChI=1S/C26H25ClFN3O3/c27-24-15-22(6-3-19(24)14-21(32)13-17-1-4-20(28)5-2-17)34-23-9-12-30-25(16-23)31-26(33)18-7-10-29-11-8-18/h1-6,9,12,15-16,18,29H,7-8,10-11,13-14H2,(H,30,31,33). The number of benzene rings is 2. The van der Waals surface area contributed by atoms with Gasteiger partial charge in [0.2, 0.25) is 5.91 Å². The van der Waals surface area contributed by atoms with Crippen molar-refractivity contribution in [3.63, 3.8) is 0 Å². The van der Waals surface area contributed by atoms with Gasteiger partial charge >= 0.3 is 0 Å². The molecular formula is C26H25ClFN3O3. The van der Waals surface area contributed by atoms with Crippen molar-refractivity contribution in [3.8, 4) is 11.5 Å². The number of nitrogens with one attached hydrogen (secondary N) is 2. The van der Waals surface area contributed by atoms with E-state index >= 15 is 0 Å². The quantitative estimate of drug-likeness (QED) is 0.475. The van der Waals surface area contributed by atoms with E-state index in [9.17, 15) is 14.0 Å². The summed E-state index contributed by atoms with van der Waals surface area (Å²) in [5.74, 6) is 1.02. The SMILES string of the molecule is O=C(Cc1ccc(F)cc1)Cc1ccc(Oc2ccnc(NC(=O)C3CCNCC3)c2)cc1Cl. The number of ketones is 1. The predicted molar refractivity (Wildman–Crippen MR) is 129 cm³/mol. The number of amides is 1. The Bertz CT molecular complexity index is 1160. The van der Waals surface area contributed by atoms with Crippen LogP contribution in [0.4, 0.5) is 10.2 Å². The van der Waals surface area contributed by atoms with Crippen LogP contribution in [-0.4, -0.2) is 29.8 Å². The highest BCUT2D eigenvalue weighted by Crippen LogP contribution is 2.28. The lowest BCUT2D eigenvalue weighted by Gasteiger charge is -2.21. The van der Waals surface area contributed by atoms with Crippen LogP contribution in [0.15, 0.2) is 60.8 Å². The third-order valence-electron chi connectivity index (χ3n) is 5.66. The number of hydrogen-bond acceptors (Lipinski definition) is 5. The molecule has 0 bridgehead atoms. The average molecular weight is 482 g/mol. The maximum absolute atomic E-state index is 13.0. The molecule has 2 aromatic carbocycles. The largest absolute Gasteiger partial charge is 0.457 e. The average Bonchev–Trinajstić information content (AvgIpc) is 2.83. The molecule has 0 aliphatic carbocycles. The summed E-state index contributed by atoms with van der Waals surface area (Å²) < 4.78 is 18.9. The summed E-state index contributed by atoms with van der Waals surface area (Å²) >= 11 is 6.39. The van der Waals surface area contributed by atoms with Crippen LogP contribution in [0.5, 0.6) is 11.5 Å². The molecule has 0 spiro atoms. The number of anilines is 1. The Hall–Kier alpha value is -3.29. The third kappa shape index (κ3) is 6.62. The summed E-state index contributed by atoms with van der Waals surface area (Å²) in [5.41, 5.74) is 1.44. The van der Waals surface area contributed by atoms with Crippen molar-refractivity contribution in [1.29, 1.82) is 0 Å². The Morgan fingerprint density at radius 2 is 1.76 bits per heavy atom. The minimum absolute atomic E-state index is 0.0227. The number of aromatic nitrogens is 1. The Morgan fingerprint density at radius 3 is 2.50 bits per heavy atom. The molecule has 0 radical (unpaired) electrons. The van der Waals surface area contributed by atoms with Crippen LogP contribution in [0.2, 0.25) is 5.02 Å². The van der Waals surface area contributed by atoms with Gasteiger partial charge < -0.3 is 15.4 Å². The second-order valence-electron chi connectivity index (χ2n) is 8.26. The number of piperidine rings is 1. The molecule has 3 aromatic rings. The third-order valence-corrected chi connectivity index (χ3v) is 6.01. The van der Waals surface area contributed by atoms with Gasteiger partial charge in [-0.05, 0) is 67.4 Å². The summed E-state index contributed by atoms with van der Waals surface area (Å²) in [6.07, 6.45) is 3.55. The Kier molecular flexibility index (Phi) is 7.87. The number of ether oxygens (including phenoxy) is 1. The summed E-state index contributed by atoms with van der Waals surface area (Å²) in [7, 11) is 0. The van der Waals surface area contributed by atoms with Crippen molar-refractivity contribution in [2.75, 3.05) is 18.4 Å².